The molecule has 1 aliphatic rings. The number of carbonyl (C=O) groups is 1. The molecule has 0 saturated carbocycles. The number of nitrogens with one attached hydrogen (secondary N) is 1. The highest BCUT2D eigenvalue weighted by atomic mass is 32.2. The van der Waals surface area contributed by atoms with Crippen molar-refractivity contribution in [3.05, 3.63) is 54.1 Å². The normalized spacial score (nSPS) is 15.7. The highest BCUT2D eigenvalue weighted by Gasteiger charge is 2.24. The number of anilines is 1. The van der Waals surface area contributed by atoms with Gasteiger partial charge in [0.15, 0.2) is 11.0 Å². The van der Waals surface area contributed by atoms with E-state index in [1.54, 1.807) is 32.4 Å². The molecule has 0 unspecified atom stereocenters. The van der Waals surface area contributed by atoms with E-state index in [2.05, 4.69) is 22.4 Å². The summed E-state index contributed by atoms with van der Waals surface area (Å²) < 4.78 is 26.1. The maximum absolute atomic E-state index is 13.3. The molecule has 1 aromatic heterocycles. The lowest BCUT2D eigenvalue weighted by Gasteiger charge is -2.33. The minimum atomic E-state index is -0.298. The van der Waals surface area contributed by atoms with Crippen LogP contribution in [0.5, 0.6) is 11.5 Å². The monoisotopic (exact) mass is 499 g/mol. The van der Waals surface area contributed by atoms with Gasteiger partial charge in [0.1, 0.15) is 17.3 Å². The highest BCUT2D eigenvalue weighted by molar-refractivity contribution is 7.99. The predicted octanol–water partition coefficient (Wildman–Crippen LogP) is 4.53. The number of hydrogen-bond acceptors (Lipinski definition) is 7. The van der Waals surface area contributed by atoms with Crippen molar-refractivity contribution in [2.24, 2.45) is 0 Å². The number of hydrogen-bond donors (Lipinski definition) is 1. The number of ether oxygens (including phenoxy) is 2. The van der Waals surface area contributed by atoms with E-state index in [1.165, 1.54) is 23.9 Å². The van der Waals surface area contributed by atoms with Crippen molar-refractivity contribution in [3.8, 4) is 17.2 Å². The van der Waals surface area contributed by atoms with E-state index in [4.69, 9.17) is 9.47 Å². The molecule has 0 radical (unpaired) electrons. The minimum absolute atomic E-state index is 0.103. The zero-order valence-corrected chi connectivity index (χ0v) is 21.0. The van der Waals surface area contributed by atoms with E-state index in [0.717, 1.165) is 37.2 Å². The Labute approximate surface area is 208 Å². The fraction of sp³-hybridized carbons (Fsp3) is 0.400. The Hall–Kier alpha value is -3.27. The first-order valence-corrected chi connectivity index (χ1v) is 12.6. The molecule has 186 valence electrons. The first kappa shape index (κ1) is 24.8. The van der Waals surface area contributed by atoms with Gasteiger partial charge in [0.25, 0.3) is 0 Å². The Morgan fingerprint density at radius 3 is 2.49 bits per heavy atom. The van der Waals surface area contributed by atoms with Gasteiger partial charge in [-0.15, -0.1) is 10.2 Å². The Morgan fingerprint density at radius 1 is 1.11 bits per heavy atom. The molecule has 2 heterocycles. The van der Waals surface area contributed by atoms with Crippen LogP contribution in [-0.2, 0) is 11.3 Å². The van der Waals surface area contributed by atoms with Crippen LogP contribution in [0, 0.1) is 5.82 Å². The molecule has 35 heavy (non-hydrogen) atoms. The molecule has 10 heteroatoms. The van der Waals surface area contributed by atoms with Crippen LogP contribution in [0.2, 0.25) is 0 Å². The van der Waals surface area contributed by atoms with Gasteiger partial charge >= 0.3 is 0 Å². The van der Waals surface area contributed by atoms with Gasteiger partial charge in [-0.05, 0) is 50.5 Å². The van der Waals surface area contributed by atoms with Crippen LogP contribution in [0.25, 0.3) is 5.69 Å². The third kappa shape index (κ3) is 6.05. The molecule has 0 aliphatic carbocycles. The van der Waals surface area contributed by atoms with Crippen LogP contribution >= 0.6 is 11.8 Å². The number of aromatic nitrogens is 3. The summed E-state index contributed by atoms with van der Waals surface area (Å²) in [5.41, 5.74) is 1.51. The molecule has 1 amide bonds. The quantitative estimate of drug-likeness (QED) is 0.433. The maximum atomic E-state index is 13.3. The summed E-state index contributed by atoms with van der Waals surface area (Å²) in [6.45, 7) is 3.25. The number of benzene rings is 2. The van der Waals surface area contributed by atoms with E-state index < -0.39 is 0 Å². The third-order valence-corrected chi connectivity index (χ3v) is 6.95. The average molecular weight is 500 g/mol. The van der Waals surface area contributed by atoms with Crippen LogP contribution in [0.1, 0.15) is 32.0 Å². The Morgan fingerprint density at radius 2 is 1.83 bits per heavy atom. The molecule has 2 aromatic carbocycles. The van der Waals surface area contributed by atoms with Gasteiger partial charge < -0.3 is 19.7 Å². The minimum Gasteiger partial charge on any atom is -0.497 e. The molecule has 1 fully saturated rings. The molecule has 8 nitrogen and oxygen atoms in total. The molecule has 3 aromatic rings. The van der Waals surface area contributed by atoms with Crippen molar-refractivity contribution in [1.29, 1.82) is 0 Å². The fourth-order valence-corrected chi connectivity index (χ4v) is 4.97. The number of halogens is 1. The number of thioether (sulfide) groups is 1. The van der Waals surface area contributed by atoms with Crippen LogP contribution in [-0.4, -0.2) is 58.1 Å². The molecular weight excluding hydrogens is 469 g/mol. The Kier molecular flexibility index (Phi) is 8.12. The van der Waals surface area contributed by atoms with E-state index in [9.17, 15) is 9.18 Å². The standard InChI is InChI=1S/C25H30FN5O3S/c1-17-6-4-5-11-30(17)24(32)16-35-25-29-28-23(15-27-19-9-7-18(26)8-10-19)31(25)20-12-21(33-2)14-22(13-20)34-3/h7-10,12-14,17,27H,4-6,11,15-16H2,1-3H3/t17-/m1/s1. The number of methoxy groups -OCH3 is 2. The zero-order chi connectivity index (χ0) is 24.8. The summed E-state index contributed by atoms with van der Waals surface area (Å²) in [7, 11) is 3.19. The van der Waals surface area contributed by atoms with Crippen molar-refractivity contribution in [2.75, 3.05) is 31.8 Å². The molecule has 4 rings (SSSR count). The highest BCUT2D eigenvalue weighted by Crippen LogP contribution is 2.30. The number of nitrogens with zero attached hydrogens (tertiary/aromatic N) is 4. The number of carbonyl (C=O) groups excluding carboxylic acids is 1. The van der Waals surface area contributed by atoms with Crippen molar-refractivity contribution in [1.82, 2.24) is 19.7 Å². The molecule has 0 bridgehead atoms. The van der Waals surface area contributed by atoms with Gasteiger partial charge in [-0.25, -0.2) is 4.39 Å². The third-order valence-electron chi connectivity index (χ3n) is 6.04. The van der Waals surface area contributed by atoms with Gasteiger partial charge in [0.05, 0.1) is 32.2 Å². The number of rotatable bonds is 9. The van der Waals surface area contributed by atoms with Crippen molar-refractivity contribution in [3.63, 3.8) is 0 Å². The van der Waals surface area contributed by atoms with E-state index in [0.29, 0.717) is 29.0 Å². The molecule has 1 atom stereocenters. The second kappa shape index (κ2) is 11.4. The lowest BCUT2D eigenvalue weighted by atomic mass is 10.0. The summed E-state index contributed by atoms with van der Waals surface area (Å²) in [5.74, 6) is 1.96. The topological polar surface area (TPSA) is 81.5 Å². The lowest BCUT2D eigenvalue weighted by Crippen LogP contribution is -2.43. The van der Waals surface area contributed by atoms with E-state index in [-0.39, 0.29) is 23.5 Å². The van der Waals surface area contributed by atoms with Crippen LogP contribution < -0.4 is 14.8 Å². The summed E-state index contributed by atoms with van der Waals surface area (Å²) in [4.78, 5) is 14.9. The van der Waals surface area contributed by atoms with Crippen LogP contribution in [0.4, 0.5) is 10.1 Å². The summed E-state index contributed by atoms with van der Waals surface area (Å²) in [5, 5.41) is 12.6. The SMILES string of the molecule is COc1cc(OC)cc(-n2c(CNc3ccc(F)cc3)nnc2SCC(=O)N2CCCC[C@H]2C)c1. The summed E-state index contributed by atoms with van der Waals surface area (Å²) >= 11 is 1.36. The lowest BCUT2D eigenvalue weighted by molar-refractivity contribution is -0.131. The molecule has 0 spiro atoms. The van der Waals surface area contributed by atoms with E-state index >= 15 is 0 Å². The van der Waals surface area contributed by atoms with Crippen molar-refractivity contribution in [2.45, 2.75) is 43.9 Å². The molecule has 1 aliphatic heterocycles. The van der Waals surface area contributed by atoms with Gasteiger partial charge in [-0.1, -0.05) is 11.8 Å². The summed E-state index contributed by atoms with van der Waals surface area (Å²) in [6.07, 6.45) is 3.24. The number of piperidine rings is 1. The maximum Gasteiger partial charge on any atom is 0.233 e. The Bertz CT molecular complexity index is 1130. The zero-order valence-electron chi connectivity index (χ0n) is 20.2. The van der Waals surface area contributed by atoms with Gasteiger partial charge in [0.2, 0.25) is 5.91 Å². The smallest absolute Gasteiger partial charge is 0.233 e. The predicted molar refractivity (Wildman–Crippen MR) is 134 cm³/mol. The van der Waals surface area contributed by atoms with Crippen LogP contribution in [0.3, 0.4) is 0 Å². The first-order chi connectivity index (χ1) is 17.0. The second-order valence-electron chi connectivity index (χ2n) is 8.39. The Balaban J connectivity index is 1.60. The largest absolute Gasteiger partial charge is 0.497 e. The number of amides is 1. The molecular formula is C25H30FN5O3S. The fourth-order valence-electron chi connectivity index (χ4n) is 4.12. The number of likely N-dealkylation sites (tertiary alicyclic amines) is 1. The molecule has 1 N–H and O–H groups in total. The van der Waals surface area contributed by atoms with Crippen molar-refractivity contribution < 1.29 is 18.7 Å². The average Bonchev–Trinajstić information content (AvgIpc) is 3.29. The van der Waals surface area contributed by atoms with Gasteiger partial charge in [-0.2, -0.15) is 0 Å². The second-order valence-corrected chi connectivity index (χ2v) is 9.33. The van der Waals surface area contributed by atoms with Crippen molar-refractivity contribution >= 4 is 23.4 Å². The van der Waals surface area contributed by atoms with Gasteiger partial charge in [0, 0.05) is 36.5 Å². The first-order valence-electron chi connectivity index (χ1n) is 11.6. The van der Waals surface area contributed by atoms with Crippen LogP contribution in [0.15, 0.2) is 47.6 Å². The van der Waals surface area contributed by atoms with E-state index in [1.807, 2.05) is 21.6 Å². The molecule has 1 saturated heterocycles. The summed E-state index contributed by atoms with van der Waals surface area (Å²) in [6, 6.07) is 11.9. The van der Waals surface area contributed by atoms with Gasteiger partial charge in [-0.3, -0.25) is 9.36 Å².